The van der Waals surface area contributed by atoms with Crippen LogP contribution < -0.4 is 0 Å². The molecule has 22 heavy (non-hydrogen) atoms. The van der Waals surface area contributed by atoms with Gasteiger partial charge in [-0.3, -0.25) is 0 Å². The topological polar surface area (TPSA) is 88.3 Å². The summed E-state index contributed by atoms with van der Waals surface area (Å²) in [5, 5.41) is 17.8. The van der Waals surface area contributed by atoms with Gasteiger partial charge in [0.25, 0.3) is 0 Å². The zero-order valence-electron chi connectivity index (χ0n) is 13.7. The molecule has 0 amide bonds. The fraction of sp³-hybridized carbons (Fsp3) is 0.857. The molecule has 0 unspecified atom stereocenters. The summed E-state index contributed by atoms with van der Waals surface area (Å²) in [6.07, 6.45) is 3.45. The van der Waals surface area contributed by atoms with Crippen LogP contribution in [0.15, 0.2) is 6.20 Å². The van der Waals surface area contributed by atoms with E-state index in [1.54, 1.807) is 24.7 Å². The highest BCUT2D eigenvalue weighted by Crippen LogP contribution is 2.27. The highest BCUT2D eigenvalue weighted by Gasteiger charge is 2.38. The van der Waals surface area contributed by atoms with Crippen molar-refractivity contribution in [2.24, 2.45) is 5.92 Å². The largest absolute Gasteiger partial charge is 0.384 e. The quantitative estimate of drug-likeness (QED) is 0.809. The maximum atomic E-state index is 12.3. The fourth-order valence-electron chi connectivity index (χ4n) is 2.47. The molecule has 8 heteroatoms. The Balaban J connectivity index is 1.96. The molecule has 1 aromatic rings. The van der Waals surface area contributed by atoms with E-state index in [1.807, 2.05) is 13.8 Å². The summed E-state index contributed by atoms with van der Waals surface area (Å²) in [7, 11) is -3.19. The molecule has 2 rings (SSSR count). The third kappa shape index (κ3) is 3.67. The summed E-state index contributed by atoms with van der Waals surface area (Å²) in [4.78, 5) is 0. The van der Waals surface area contributed by atoms with Gasteiger partial charge in [0, 0.05) is 13.1 Å². The van der Waals surface area contributed by atoms with Crippen LogP contribution in [-0.4, -0.2) is 51.7 Å². The van der Waals surface area contributed by atoms with Crippen molar-refractivity contribution in [1.29, 1.82) is 0 Å². The SMILES string of the molecule is CCC(CC)CS(=O)(=O)N1CC(n2cc(C(C)(C)O)nn2)C1. The van der Waals surface area contributed by atoms with E-state index in [1.165, 1.54) is 4.31 Å². The van der Waals surface area contributed by atoms with Gasteiger partial charge < -0.3 is 5.11 Å². The summed E-state index contributed by atoms with van der Waals surface area (Å²) in [6, 6.07) is 0.0000723. The lowest BCUT2D eigenvalue weighted by Crippen LogP contribution is -2.52. The third-order valence-corrected chi connectivity index (χ3v) is 6.31. The van der Waals surface area contributed by atoms with Crippen LogP contribution in [0.3, 0.4) is 0 Å². The second kappa shape index (κ2) is 6.25. The Morgan fingerprint density at radius 3 is 2.41 bits per heavy atom. The summed E-state index contributed by atoms with van der Waals surface area (Å²) < 4.78 is 27.8. The molecule has 0 radical (unpaired) electrons. The molecule has 126 valence electrons. The molecule has 1 fully saturated rings. The fourth-order valence-corrected chi connectivity index (χ4v) is 4.55. The Labute approximate surface area is 132 Å². The van der Waals surface area contributed by atoms with Gasteiger partial charge in [-0.2, -0.15) is 4.31 Å². The van der Waals surface area contributed by atoms with Crippen molar-refractivity contribution in [2.75, 3.05) is 18.8 Å². The number of rotatable bonds is 7. The first-order valence-electron chi connectivity index (χ1n) is 7.79. The van der Waals surface area contributed by atoms with Crippen molar-refractivity contribution in [3.63, 3.8) is 0 Å². The van der Waals surface area contributed by atoms with Gasteiger partial charge in [0.15, 0.2) is 0 Å². The smallest absolute Gasteiger partial charge is 0.214 e. The molecule has 1 aliphatic heterocycles. The second-order valence-electron chi connectivity index (χ2n) is 6.57. The first kappa shape index (κ1) is 17.4. The summed E-state index contributed by atoms with van der Waals surface area (Å²) >= 11 is 0. The normalized spacial score (nSPS) is 17.9. The molecule has 0 atom stereocenters. The molecule has 0 aromatic carbocycles. The molecule has 7 nitrogen and oxygen atoms in total. The minimum absolute atomic E-state index is 0.0000723. The van der Waals surface area contributed by atoms with Crippen molar-refractivity contribution in [3.8, 4) is 0 Å². The number of nitrogens with zero attached hydrogens (tertiary/aromatic N) is 4. The van der Waals surface area contributed by atoms with Crippen molar-refractivity contribution >= 4 is 10.0 Å². The minimum Gasteiger partial charge on any atom is -0.384 e. The number of aromatic nitrogens is 3. The van der Waals surface area contributed by atoms with E-state index in [0.29, 0.717) is 18.8 Å². The predicted octanol–water partition coefficient (Wildman–Crippen LogP) is 1.13. The van der Waals surface area contributed by atoms with Gasteiger partial charge in [0.2, 0.25) is 10.0 Å². The van der Waals surface area contributed by atoms with E-state index < -0.39 is 15.6 Å². The Morgan fingerprint density at radius 2 is 1.95 bits per heavy atom. The zero-order valence-corrected chi connectivity index (χ0v) is 14.5. The number of sulfonamides is 1. The van der Waals surface area contributed by atoms with Gasteiger partial charge in [0.05, 0.1) is 18.0 Å². The van der Waals surface area contributed by atoms with E-state index in [-0.39, 0.29) is 17.7 Å². The standard InChI is InChI=1S/C14H26N4O3S/c1-5-11(6-2)10-22(20,21)17-7-12(8-17)18-9-13(15-16-18)14(3,4)19/h9,11-12,19H,5-8,10H2,1-4H3. The lowest BCUT2D eigenvalue weighted by atomic mass is 10.1. The maximum Gasteiger partial charge on any atom is 0.214 e. The van der Waals surface area contributed by atoms with Gasteiger partial charge >= 0.3 is 0 Å². The predicted molar refractivity (Wildman–Crippen MR) is 83.7 cm³/mol. The van der Waals surface area contributed by atoms with Crippen LogP contribution in [0.5, 0.6) is 0 Å². The monoisotopic (exact) mass is 330 g/mol. The van der Waals surface area contributed by atoms with E-state index >= 15 is 0 Å². The minimum atomic E-state index is -3.19. The second-order valence-corrected chi connectivity index (χ2v) is 8.59. The Morgan fingerprint density at radius 1 is 1.36 bits per heavy atom. The Kier molecular flexibility index (Phi) is 4.93. The molecular weight excluding hydrogens is 304 g/mol. The molecule has 1 N–H and O–H groups in total. The van der Waals surface area contributed by atoms with Crippen LogP contribution >= 0.6 is 0 Å². The number of hydrogen-bond acceptors (Lipinski definition) is 5. The molecule has 1 saturated heterocycles. The van der Waals surface area contributed by atoms with Gasteiger partial charge in [-0.15, -0.1) is 5.10 Å². The van der Waals surface area contributed by atoms with Crippen LogP contribution in [-0.2, 0) is 15.6 Å². The van der Waals surface area contributed by atoms with Crippen LogP contribution in [0.25, 0.3) is 0 Å². The molecule has 0 bridgehead atoms. The molecule has 0 aliphatic carbocycles. The van der Waals surface area contributed by atoms with Crippen LogP contribution in [0, 0.1) is 5.92 Å². The zero-order chi connectivity index (χ0) is 16.5. The van der Waals surface area contributed by atoms with Crippen molar-refractivity contribution < 1.29 is 13.5 Å². The van der Waals surface area contributed by atoms with Crippen LogP contribution in [0.2, 0.25) is 0 Å². The van der Waals surface area contributed by atoms with Gasteiger partial charge in [-0.25, -0.2) is 13.1 Å². The highest BCUT2D eigenvalue weighted by molar-refractivity contribution is 7.89. The van der Waals surface area contributed by atoms with Crippen molar-refractivity contribution in [3.05, 3.63) is 11.9 Å². The average molecular weight is 330 g/mol. The molecule has 1 aromatic heterocycles. The lowest BCUT2D eigenvalue weighted by Gasteiger charge is -2.38. The van der Waals surface area contributed by atoms with Crippen LogP contribution in [0.4, 0.5) is 0 Å². The van der Waals surface area contributed by atoms with E-state index in [2.05, 4.69) is 10.3 Å². The molecule has 2 heterocycles. The highest BCUT2D eigenvalue weighted by atomic mass is 32.2. The van der Waals surface area contributed by atoms with Gasteiger partial charge in [0.1, 0.15) is 11.3 Å². The Bertz CT molecular complexity index is 596. The number of aliphatic hydroxyl groups is 1. The maximum absolute atomic E-state index is 12.3. The average Bonchev–Trinajstić information content (AvgIpc) is 2.83. The van der Waals surface area contributed by atoms with Gasteiger partial charge in [-0.1, -0.05) is 31.9 Å². The Hall–Kier alpha value is -0.990. The first-order valence-corrected chi connectivity index (χ1v) is 9.40. The third-order valence-electron chi connectivity index (χ3n) is 4.33. The van der Waals surface area contributed by atoms with E-state index in [9.17, 15) is 13.5 Å². The first-order chi connectivity index (χ1) is 10.2. The van der Waals surface area contributed by atoms with E-state index in [4.69, 9.17) is 0 Å². The van der Waals surface area contributed by atoms with E-state index in [0.717, 1.165) is 12.8 Å². The molecular formula is C14H26N4O3S. The molecule has 0 saturated carbocycles. The van der Waals surface area contributed by atoms with Crippen molar-refractivity contribution in [1.82, 2.24) is 19.3 Å². The van der Waals surface area contributed by atoms with Crippen LogP contribution in [0.1, 0.15) is 52.3 Å². The summed E-state index contributed by atoms with van der Waals surface area (Å²) in [5.41, 5.74) is -0.547. The number of hydrogen-bond donors (Lipinski definition) is 1. The van der Waals surface area contributed by atoms with Gasteiger partial charge in [-0.05, 0) is 19.8 Å². The summed E-state index contributed by atoms with van der Waals surface area (Å²) in [5.74, 6) is 0.441. The lowest BCUT2D eigenvalue weighted by molar-refractivity contribution is 0.0736. The molecule has 1 aliphatic rings. The summed E-state index contributed by atoms with van der Waals surface area (Å²) in [6.45, 7) is 8.20. The molecule has 0 spiro atoms. The van der Waals surface area contributed by atoms with Crippen molar-refractivity contribution in [2.45, 2.75) is 52.2 Å².